The molecule has 20 heavy (non-hydrogen) atoms. The van der Waals surface area contributed by atoms with Crippen molar-refractivity contribution in [1.29, 1.82) is 0 Å². The number of ether oxygens (including phenoxy) is 2. The first-order valence-corrected chi connectivity index (χ1v) is 7.28. The van der Waals surface area contributed by atoms with Crippen molar-refractivity contribution in [2.75, 3.05) is 33.4 Å². The molecule has 0 bridgehead atoms. The van der Waals surface area contributed by atoms with Crippen molar-refractivity contribution < 1.29 is 19.0 Å². The lowest BCUT2D eigenvalue weighted by molar-refractivity contribution is -0.0647. The van der Waals surface area contributed by atoms with Crippen LogP contribution >= 0.6 is 0 Å². The van der Waals surface area contributed by atoms with Crippen molar-refractivity contribution in [2.45, 2.75) is 38.0 Å². The van der Waals surface area contributed by atoms with E-state index >= 15 is 0 Å². The summed E-state index contributed by atoms with van der Waals surface area (Å²) in [7, 11) is 1.98. The largest absolute Gasteiger partial charge is 0.468 e. The summed E-state index contributed by atoms with van der Waals surface area (Å²) in [5.74, 6) is 0.907. The first kappa shape index (κ1) is 15.5. The van der Waals surface area contributed by atoms with Crippen LogP contribution in [0, 0.1) is 0 Å². The zero-order valence-electron chi connectivity index (χ0n) is 12.3. The third-order valence-electron chi connectivity index (χ3n) is 3.81. The molecule has 1 fully saturated rings. The van der Waals surface area contributed by atoms with E-state index < -0.39 is 6.10 Å². The van der Waals surface area contributed by atoms with E-state index in [0.29, 0.717) is 13.2 Å². The minimum absolute atomic E-state index is 0.141. The van der Waals surface area contributed by atoms with Gasteiger partial charge >= 0.3 is 0 Å². The maximum absolute atomic E-state index is 10.1. The summed E-state index contributed by atoms with van der Waals surface area (Å²) in [6, 6.07) is 3.97. The Hall–Kier alpha value is -0.880. The molecule has 2 atom stereocenters. The minimum Gasteiger partial charge on any atom is -0.468 e. The summed E-state index contributed by atoms with van der Waals surface area (Å²) in [6.45, 7) is 4.52. The van der Waals surface area contributed by atoms with Crippen molar-refractivity contribution >= 4 is 0 Å². The van der Waals surface area contributed by atoms with Gasteiger partial charge in [-0.25, -0.2) is 0 Å². The summed E-state index contributed by atoms with van der Waals surface area (Å²) >= 11 is 0. The van der Waals surface area contributed by atoms with Gasteiger partial charge in [-0.3, -0.25) is 4.90 Å². The molecule has 1 N–H and O–H groups in total. The van der Waals surface area contributed by atoms with Crippen LogP contribution in [0.1, 0.15) is 31.6 Å². The number of aliphatic hydroxyl groups excluding tert-OH is 1. The Kier molecular flexibility index (Phi) is 6.04. The van der Waals surface area contributed by atoms with Crippen molar-refractivity contribution in [2.24, 2.45) is 0 Å². The summed E-state index contributed by atoms with van der Waals surface area (Å²) in [4.78, 5) is 2.07. The smallest absolute Gasteiger partial charge is 0.120 e. The van der Waals surface area contributed by atoms with E-state index in [1.807, 2.05) is 19.2 Å². The summed E-state index contributed by atoms with van der Waals surface area (Å²) in [5.41, 5.74) is 0. The number of nitrogens with zero attached hydrogens (tertiary/aromatic N) is 1. The minimum atomic E-state index is -0.486. The number of aliphatic hydroxyl groups is 1. The second-order valence-corrected chi connectivity index (χ2v) is 5.43. The molecule has 1 aliphatic heterocycles. The Morgan fingerprint density at radius 3 is 2.85 bits per heavy atom. The highest BCUT2D eigenvalue weighted by Crippen LogP contribution is 2.19. The summed E-state index contributed by atoms with van der Waals surface area (Å²) in [6.07, 6.45) is 3.26. The zero-order chi connectivity index (χ0) is 14.4. The van der Waals surface area contributed by atoms with Gasteiger partial charge in [-0.2, -0.15) is 0 Å². The van der Waals surface area contributed by atoms with E-state index in [1.54, 1.807) is 6.26 Å². The second-order valence-electron chi connectivity index (χ2n) is 5.43. The van der Waals surface area contributed by atoms with E-state index in [9.17, 15) is 5.11 Å². The first-order chi connectivity index (χ1) is 9.66. The maximum Gasteiger partial charge on any atom is 0.120 e. The number of hydrogen-bond donors (Lipinski definition) is 1. The molecule has 1 aromatic rings. The Morgan fingerprint density at radius 1 is 1.45 bits per heavy atom. The zero-order valence-corrected chi connectivity index (χ0v) is 12.3. The van der Waals surface area contributed by atoms with Gasteiger partial charge in [-0.15, -0.1) is 0 Å². The van der Waals surface area contributed by atoms with Crippen molar-refractivity contribution in [3.05, 3.63) is 24.2 Å². The van der Waals surface area contributed by atoms with Gasteiger partial charge in [-0.05, 0) is 38.9 Å². The molecule has 0 saturated carbocycles. The molecule has 1 aromatic heterocycles. The van der Waals surface area contributed by atoms with E-state index in [2.05, 4.69) is 11.8 Å². The maximum atomic E-state index is 10.1. The molecule has 0 radical (unpaired) electrons. The van der Waals surface area contributed by atoms with Gasteiger partial charge in [0.2, 0.25) is 0 Å². The number of rotatable bonds is 7. The molecular formula is C15H25NO4. The van der Waals surface area contributed by atoms with Crippen LogP contribution in [0.25, 0.3) is 0 Å². The normalized spacial score (nSPS) is 20.2. The van der Waals surface area contributed by atoms with Gasteiger partial charge in [-0.1, -0.05) is 0 Å². The van der Waals surface area contributed by atoms with Crippen LogP contribution in [-0.2, 0) is 9.47 Å². The van der Waals surface area contributed by atoms with E-state index in [0.717, 1.165) is 31.8 Å². The van der Waals surface area contributed by atoms with Crippen LogP contribution in [0.15, 0.2) is 22.8 Å². The van der Waals surface area contributed by atoms with Crippen molar-refractivity contribution in [3.63, 3.8) is 0 Å². The Morgan fingerprint density at radius 2 is 2.20 bits per heavy atom. The van der Waals surface area contributed by atoms with Gasteiger partial charge in [0.25, 0.3) is 0 Å². The van der Waals surface area contributed by atoms with Gasteiger partial charge in [0.1, 0.15) is 5.76 Å². The molecule has 0 spiro atoms. The van der Waals surface area contributed by atoms with Crippen LogP contribution in [0.4, 0.5) is 0 Å². The quantitative estimate of drug-likeness (QED) is 0.827. The molecule has 5 heteroatoms. The van der Waals surface area contributed by atoms with Crippen molar-refractivity contribution in [1.82, 2.24) is 4.90 Å². The van der Waals surface area contributed by atoms with Crippen LogP contribution in [0.2, 0.25) is 0 Å². The molecule has 1 aliphatic rings. The SMILES string of the molecule is CC(c1ccco1)N(C)CC(O)COC1CCOCC1. The molecule has 1 saturated heterocycles. The molecule has 2 heterocycles. The third-order valence-corrected chi connectivity index (χ3v) is 3.81. The fraction of sp³-hybridized carbons (Fsp3) is 0.733. The lowest BCUT2D eigenvalue weighted by Crippen LogP contribution is -2.35. The molecule has 0 amide bonds. The molecule has 0 aromatic carbocycles. The summed E-state index contributed by atoms with van der Waals surface area (Å²) in [5, 5.41) is 10.1. The van der Waals surface area contributed by atoms with Gasteiger partial charge in [0, 0.05) is 19.8 Å². The van der Waals surface area contributed by atoms with E-state index in [1.165, 1.54) is 0 Å². The lowest BCUT2D eigenvalue weighted by Gasteiger charge is -2.27. The van der Waals surface area contributed by atoms with Crippen LogP contribution < -0.4 is 0 Å². The topological polar surface area (TPSA) is 55.1 Å². The Balaban J connectivity index is 1.69. The third kappa shape index (κ3) is 4.59. The molecule has 2 rings (SSSR count). The van der Waals surface area contributed by atoms with E-state index in [4.69, 9.17) is 13.9 Å². The highest BCUT2D eigenvalue weighted by atomic mass is 16.5. The van der Waals surface area contributed by atoms with Gasteiger partial charge < -0.3 is 19.0 Å². The highest BCUT2D eigenvalue weighted by Gasteiger charge is 2.19. The average molecular weight is 283 g/mol. The van der Waals surface area contributed by atoms with E-state index in [-0.39, 0.29) is 12.1 Å². The predicted octanol–water partition coefficient (Wildman–Crippen LogP) is 1.83. The lowest BCUT2D eigenvalue weighted by atomic mass is 10.1. The summed E-state index contributed by atoms with van der Waals surface area (Å²) < 4.78 is 16.4. The van der Waals surface area contributed by atoms with Gasteiger partial charge in [0.05, 0.1) is 31.1 Å². The fourth-order valence-corrected chi connectivity index (χ4v) is 2.38. The van der Waals surface area contributed by atoms with Gasteiger partial charge in [0.15, 0.2) is 0 Å². The molecule has 0 aliphatic carbocycles. The fourth-order valence-electron chi connectivity index (χ4n) is 2.38. The standard InChI is InChI=1S/C15H25NO4/c1-12(15-4-3-7-19-15)16(2)10-13(17)11-20-14-5-8-18-9-6-14/h3-4,7,12-14,17H,5-6,8-11H2,1-2H3. The molecule has 2 unspecified atom stereocenters. The number of likely N-dealkylation sites (N-methyl/N-ethyl adjacent to an activating group) is 1. The van der Waals surface area contributed by atoms with Crippen LogP contribution in [0.3, 0.4) is 0 Å². The van der Waals surface area contributed by atoms with Crippen molar-refractivity contribution in [3.8, 4) is 0 Å². The number of hydrogen-bond acceptors (Lipinski definition) is 5. The monoisotopic (exact) mass is 283 g/mol. The number of furan rings is 1. The van der Waals surface area contributed by atoms with Crippen LogP contribution in [0.5, 0.6) is 0 Å². The predicted molar refractivity (Wildman–Crippen MR) is 75.6 cm³/mol. The van der Waals surface area contributed by atoms with Crippen LogP contribution in [-0.4, -0.2) is 55.6 Å². The second kappa shape index (κ2) is 7.78. The Labute approximate surface area is 120 Å². The Bertz CT molecular complexity index is 362. The average Bonchev–Trinajstić information content (AvgIpc) is 2.99. The highest BCUT2D eigenvalue weighted by molar-refractivity contribution is 5.03. The molecular weight excluding hydrogens is 258 g/mol. The first-order valence-electron chi connectivity index (χ1n) is 7.28. The molecule has 114 valence electrons. The molecule has 5 nitrogen and oxygen atoms in total.